The molecule has 1 aliphatic heterocycles. The quantitative estimate of drug-likeness (QED) is 0.354. The van der Waals surface area contributed by atoms with Gasteiger partial charge in [0.05, 0.1) is 24.1 Å². The molecule has 8 heteroatoms. The molecule has 3 saturated carbocycles. The van der Waals surface area contributed by atoms with Gasteiger partial charge in [-0.2, -0.15) is 0 Å². The summed E-state index contributed by atoms with van der Waals surface area (Å²) in [5.41, 5.74) is 9.62. The van der Waals surface area contributed by atoms with Gasteiger partial charge < -0.3 is 14.6 Å². The van der Waals surface area contributed by atoms with Gasteiger partial charge in [-0.1, -0.05) is 49.3 Å². The molecular formula is C20H27BN4O3. The van der Waals surface area contributed by atoms with Gasteiger partial charge in [-0.25, -0.2) is 0 Å². The van der Waals surface area contributed by atoms with Gasteiger partial charge in [0.25, 0.3) is 0 Å². The predicted molar refractivity (Wildman–Crippen MR) is 106 cm³/mol. The molecule has 28 heavy (non-hydrogen) atoms. The number of amides is 1. The van der Waals surface area contributed by atoms with E-state index in [0.717, 1.165) is 12.0 Å². The molecule has 0 radical (unpaired) electrons. The van der Waals surface area contributed by atoms with E-state index >= 15 is 0 Å². The smallest absolute Gasteiger partial charge is 0.404 e. The highest BCUT2D eigenvalue weighted by atomic mass is 16.7. The van der Waals surface area contributed by atoms with Crippen molar-refractivity contribution in [2.75, 3.05) is 6.54 Å². The van der Waals surface area contributed by atoms with Crippen LogP contribution in [0.15, 0.2) is 35.4 Å². The fraction of sp³-hybridized carbons (Fsp3) is 0.650. The minimum absolute atomic E-state index is 0.0112. The van der Waals surface area contributed by atoms with Crippen molar-refractivity contribution < 1.29 is 14.1 Å². The molecule has 148 valence electrons. The number of nitrogens with one attached hydrogen (secondary N) is 1. The second kappa shape index (κ2) is 7.10. The molecule has 3 aliphatic carbocycles. The van der Waals surface area contributed by atoms with Gasteiger partial charge in [0.1, 0.15) is 0 Å². The number of azide groups is 1. The van der Waals surface area contributed by atoms with Crippen LogP contribution in [0, 0.1) is 17.3 Å². The zero-order valence-electron chi connectivity index (χ0n) is 16.7. The Hall–Kier alpha value is -2.02. The normalized spacial score (nSPS) is 33.2. The number of rotatable bonds is 6. The maximum absolute atomic E-state index is 12.6. The Bertz CT molecular complexity index is 798. The average molecular weight is 382 g/mol. The van der Waals surface area contributed by atoms with Crippen LogP contribution >= 0.6 is 0 Å². The molecule has 1 amide bonds. The molecule has 0 aromatic heterocycles. The van der Waals surface area contributed by atoms with Gasteiger partial charge in [-0.15, -0.1) is 0 Å². The summed E-state index contributed by atoms with van der Waals surface area (Å²) in [6, 6.07) is 9.55. The fourth-order valence-electron chi connectivity index (χ4n) is 5.28. The number of nitrogens with zero attached hydrogens (tertiary/aromatic N) is 3. The van der Waals surface area contributed by atoms with Gasteiger partial charge in [-0.3, -0.25) is 4.79 Å². The minimum atomic E-state index is -0.602. The molecule has 4 aliphatic rings. The lowest BCUT2D eigenvalue weighted by Crippen LogP contribution is -2.63. The van der Waals surface area contributed by atoms with E-state index in [4.69, 9.17) is 14.8 Å². The van der Waals surface area contributed by atoms with Crippen LogP contribution in [0.4, 0.5) is 0 Å². The fourth-order valence-corrected chi connectivity index (χ4v) is 5.28. The summed E-state index contributed by atoms with van der Waals surface area (Å²) in [5.74, 6) is 0.460. The van der Waals surface area contributed by atoms with Crippen molar-refractivity contribution in [2.45, 2.75) is 57.7 Å². The highest BCUT2D eigenvalue weighted by Gasteiger charge is 2.67. The molecule has 2 bridgehead atoms. The zero-order chi connectivity index (χ0) is 19.9. The van der Waals surface area contributed by atoms with Crippen molar-refractivity contribution in [1.82, 2.24) is 5.32 Å². The Kier molecular flexibility index (Phi) is 4.90. The Labute approximate surface area is 165 Å². The van der Waals surface area contributed by atoms with Gasteiger partial charge in [-0.05, 0) is 48.1 Å². The number of benzene rings is 1. The van der Waals surface area contributed by atoms with E-state index in [-0.39, 0.29) is 36.0 Å². The van der Waals surface area contributed by atoms with Gasteiger partial charge in [0, 0.05) is 11.5 Å². The van der Waals surface area contributed by atoms with E-state index in [1.54, 1.807) is 0 Å². The molecule has 1 aromatic carbocycles. The highest BCUT2D eigenvalue weighted by Crippen LogP contribution is 2.64. The van der Waals surface area contributed by atoms with Crippen molar-refractivity contribution in [3.05, 3.63) is 46.3 Å². The molecule has 7 nitrogen and oxygen atoms in total. The first kappa shape index (κ1) is 19.3. The first-order valence-electron chi connectivity index (χ1n) is 10.0. The van der Waals surface area contributed by atoms with Crippen LogP contribution in [0.1, 0.15) is 39.2 Å². The zero-order valence-corrected chi connectivity index (χ0v) is 16.7. The molecule has 5 atom stereocenters. The standard InChI is InChI=1S/C20H27BN4O3/c1-19(2)14-10-15(19)18-20(3,11-14)28-21(27-18)16(12-23-25-22)24-17(26)9-13-7-5-4-6-8-13/h4-8,14-16,18H,9-12H2,1-3H3,(H,24,26)/t14-,15+,16-,18?,20+/m1/s1. The lowest BCUT2D eigenvalue weighted by Gasteiger charge is -2.63. The summed E-state index contributed by atoms with van der Waals surface area (Å²) in [4.78, 5) is 15.4. The second-order valence-electron chi connectivity index (χ2n) is 9.17. The summed E-state index contributed by atoms with van der Waals surface area (Å²) in [5, 5.41) is 6.65. The van der Waals surface area contributed by atoms with Crippen molar-refractivity contribution in [3.8, 4) is 0 Å². The molecule has 5 rings (SSSR count). The topological polar surface area (TPSA) is 96.3 Å². The van der Waals surface area contributed by atoms with E-state index in [1.165, 1.54) is 6.42 Å². The molecule has 1 aromatic rings. The summed E-state index contributed by atoms with van der Waals surface area (Å²) in [6.07, 6.45) is 2.41. The van der Waals surface area contributed by atoms with Crippen LogP contribution in [0.3, 0.4) is 0 Å². The summed E-state index contributed by atoms with van der Waals surface area (Å²) < 4.78 is 12.7. The molecule has 1 saturated heterocycles. The van der Waals surface area contributed by atoms with Crippen LogP contribution in [0.2, 0.25) is 0 Å². The maximum atomic E-state index is 12.6. The second-order valence-corrected chi connectivity index (χ2v) is 9.17. The largest absolute Gasteiger partial charge is 0.481 e. The van der Waals surface area contributed by atoms with Crippen LogP contribution < -0.4 is 5.32 Å². The van der Waals surface area contributed by atoms with Crippen molar-refractivity contribution >= 4 is 13.0 Å². The van der Waals surface area contributed by atoms with E-state index in [2.05, 4.69) is 36.1 Å². The first-order valence-corrected chi connectivity index (χ1v) is 10.0. The Morgan fingerprint density at radius 1 is 1.39 bits per heavy atom. The number of carbonyl (C=O) groups is 1. The summed E-state index contributed by atoms with van der Waals surface area (Å²) >= 11 is 0. The SMILES string of the molecule is CC1(C)[C@@H]2C[C@H]1C1OB([C@@H](CN=[N+]=[N-])NC(=O)Cc3ccccc3)O[C@@]1(C)C2. The van der Waals surface area contributed by atoms with Gasteiger partial charge >= 0.3 is 7.12 Å². The molecule has 1 unspecified atom stereocenters. The van der Waals surface area contributed by atoms with E-state index in [0.29, 0.717) is 11.8 Å². The lowest BCUT2D eigenvalue weighted by molar-refractivity contribution is -0.185. The summed E-state index contributed by atoms with van der Waals surface area (Å²) in [7, 11) is -0.602. The Morgan fingerprint density at radius 3 is 2.82 bits per heavy atom. The van der Waals surface area contributed by atoms with E-state index in [9.17, 15) is 4.79 Å². The number of hydrogen-bond donors (Lipinski definition) is 1. The Morgan fingerprint density at radius 2 is 2.14 bits per heavy atom. The molecular weight excluding hydrogens is 355 g/mol. The van der Waals surface area contributed by atoms with Gasteiger partial charge in [0.2, 0.25) is 5.91 Å². The maximum Gasteiger partial charge on any atom is 0.481 e. The molecule has 4 fully saturated rings. The monoisotopic (exact) mass is 382 g/mol. The lowest BCUT2D eigenvalue weighted by atomic mass is 9.45. The third kappa shape index (κ3) is 3.30. The van der Waals surface area contributed by atoms with Crippen LogP contribution in [0.25, 0.3) is 10.4 Å². The number of carbonyl (C=O) groups excluding carboxylic acids is 1. The van der Waals surface area contributed by atoms with Gasteiger partial charge in [0.15, 0.2) is 0 Å². The highest BCUT2D eigenvalue weighted by molar-refractivity contribution is 6.48. The van der Waals surface area contributed by atoms with Crippen LogP contribution in [-0.4, -0.2) is 37.2 Å². The third-order valence-corrected chi connectivity index (χ3v) is 7.06. The van der Waals surface area contributed by atoms with E-state index < -0.39 is 13.1 Å². The molecule has 1 N–H and O–H groups in total. The van der Waals surface area contributed by atoms with Crippen LogP contribution in [-0.2, 0) is 20.5 Å². The molecule has 1 heterocycles. The predicted octanol–water partition coefficient (Wildman–Crippen LogP) is 3.29. The number of hydrogen-bond acceptors (Lipinski definition) is 4. The molecule has 0 spiro atoms. The van der Waals surface area contributed by atoms with E-state index in [1.807, 2.05) is 30.3 Å². The first-order chi connectivity index (χ1) is 13.3. The van der Waals surface area contributed by atoms with Crippen molar-refractivity contribution in [2.24, 2.45) is 22.4 Å². The minimum Gasteiger partial charge on any atom is -0.404 e. The Balaban J connectivity index is 1.46. The van der Waals surface area contributed by atoms with Crippen LogP contribution in [0.5, 0.6) is 0 Å². The van der Waals surface area contributed by atoms with Crippen molar-refractivity contribution in [1.29, 1.82) is 0 Å². The third-order valence-electron chi connectivity index (χ3n) is 7.06. The average Bonchev–Trinajstić information content (AvgIpc) is 3.03. The van der Waals surface area contributed by atoms with Crippen molar-refractivity contribution in [3.63, 3.8) is 0 Å². The summed E-state index contributed by atoms with van der Waals surface area (Å²) in [6.45, 7) is 6.83.